The largest absolute Gasteiger partial charge is 0.508 e. The second-order valence-electron chi connectivity index (χ2n) is 5.95. The van der Waals surface area contributed by atoms with Crippen LogP contribution in [0.4, 0.5) is 5.69 Å². The Morgan fingerprint density at radius 2 is 1.63 bits per heavy atom. The van der Waals surface area contributed by atoms with Crippen LogP contribution in [0, 0.1) is 0 Å². The van der Waals surface area contributed by atoms with Crippen LogP contribution < -0.4 is 14.4 Å². The number of benzene rings is 3. The maximum atomic E-state index is 13.2. The van der Waals surface area contributed by atoms with Crippen LogP contribution in [0.25, 0.3) is 0 Å². The third-order valence-corrected chi connectivity index (χ3v) is 4.25. The van der Waals surface area contributed by atoms with Gasteiger partial charge in [0, 0.05) is 22.9 Å². The highest BCUT2D eigenvalue weighted by atomic mass is 16.5. The van der Waals surface area contributed by atoms with Crippen molar-refractivity contribution in [3.05, 3.63) is 83.9 Å². The monoisotopic (exact) mass is 363 g/mol. The summed E-state index contributed by atoms with van der Waals surface area (Å²) in [6.45, 7) is 0.295. The van der Waals surface area contributed by atoms with Gasteiger partial charge >= 0.3 is 0 Å². The lowest BCUT2D eigenvalue weighted by molar-refractivity contribution is 0.0985. The molecular weight excluding hydrogens is 342 g/mol. The highest BCUT2D eigenvalue weighted by Gasteiger charge is 2.20. The molecular formula is C22H21NO4. The Kier molecular flexibility index (Phi) is 5.61. The number of hydrogen-bond donors (Lipinski definition) is 1. The third kappa shape index (κ3) is 4.20. The topological polar surface area (TPSA) is 59.0 Å². The van der Waals surface area contributed by atoms with E-state index < -0.39 is 0 Å². The molecule has 0 spiro atoms. The lowest BCUT2D eigenvalue weighted by Gasteiger charge is -2.24. The van der Waals surface area contributed by atoms with E-state index in [1.54, 1.807) is 36.3 Å². The second kappa shape index (κ2) is 8.27. The lowest BCUT2D eigenvalue weighted by atomic mass is 10.1. The van der Waals surface area contributed by atoms with Crippen LogP contribution in [0.1, 0.15) is 15.9 Å². The van der Waals surface area contributed by atoms with Gasteiger partial charge in [-0.05, 0) is 48.5 Å². The van der Waals surface area contributed by atoms with E-state index in [1.807, 2.05) is 42.5 Å². The first-order chi connectivity index (χ1) is 13.1. The van der Waals surface area contributed by atoms with Crippen LogP contribution in [-0.2, 0) is 6.54 Å². The van der Waals surface area contributed by atoms with Crippen LogP contribution in [0.5, 0.6) is 17.2 Å². The molecule has 0 aliphatic rings. The molecule has 3 aromatic rings. The highest BCUT2D eigenvalue weighted by molar-refractivity contribution is 6.06. The normalized spacial score (nSPS) is 10.3. The number of phenols is 1. The maximum Gasteiger partial charge on any atom is 0.258 e. The molecule has 0 saturated carbocycles. The fourth-order valence-electron chi connectivity index (χ4n) is 2.81. The van der Waals surface area contributed by atoms with E-state index in [-0.39, 0.29) is 11.7 Å². The summed E-state index contributed by atoms with van der Waals surface area (Å²) >= 11 is 0. The zero-order valence-corrected chi connectivity index (χ0v) is 15.3. The number of aromatic hydroxyl groups is 1. The molecule has 3 rings (SSSR count). The van der Waals surface area contributed by atoms with Crippen molar-refractivity contribution in [2.45, 2.75) is 6.54 Å². The summed E-state index contributed by atoms with van der Waals surface area (Å²) < 4.78 is 10.6. The number of rotatable bonds is 6. The zero-order chi connectivity index (χ0) is 19.2. The highest BCUT2D eigenvalue weighted by Crippen LogP contribution is 2.29. The molecule has 0 atom stereocenters. The smallest absolute Gasteiger partial charge is 0.258 e. The van der Waals surface area contributed by atoms with Crippen molar-refractivity contribution in [1.29, 1.82) is 0 Å². The first-order valence-electron chi connectivity index (χ1n) is 8.49. The first-order valence-corrected chi connectivity index (χ1v) is 8.49. The van der Waals surface area contributed by atoms with Gasteiger partial charge in [0.15, 0.2) is 0 Å². The van der Waals surface area contributed by atoms with Crippen molar-refractivity contribution in [2.24, 2.45) is 0 Å². The van der Waals surface area contributed by atoms with Crippen molar-refractivity contribution in [2.75, 3.05) is 19.1 Å². The van der Waals surface area contributed by atoms with Crippen LogP contribution in [0.2, 0.25) is 0 Å². The summed E-state index contributed by atoms with van der Waals surface area (Å²) in [4.78, 5) is 14.8. The van der Waals surface area contributed by atoms with Gasteiger partial charge in [0.05, 0.1) is 20.8 Å². The number of hydrogen-bond acceptors (Lipinski definition) is 4. The summed E-state index contributed by atoms with van der Waals surface area (Å²) in [6, 6.07) is 21.3. The fraction of sp³-hybridized carbons (Fsp3) is 0.136. The number of phenolic OH excluding ortho intramolecular Hbond substituents is 1. The molecule has 5 heteroatoms. The van der Waals surface area contributed by atoms with Crippen molar-refractivity contribution < 1.29 is 19.4 Å². The molecule has 0 heterocycles. The van der Waals surface area contributed by atoms with E-state index in [0.717, 1.165) is 11.3 Å². The molecule has 0 unspecified atom stereocenters. The Labute approximate surface area is 158 Å². The molecule has 0 aliphatic carbocycles. The van der Waals surface area contributed by atoms with Gasteiger partial charge in [-0.1, -0.05) is 18.2 Å². The lowest BCUT2D eigenvalue weighted by Crippen LogP contribution is -2.30. The van der Waals surface area contributed by atoms with Gasteiger partial charge in [0.1, 0.15) is 17.2 Å². The molecule has 0 radical (unpaired) electrons. The van der Waals surface area contributed by atoms with Crippen molar-refractivity contribution in [3.8, 4) is 17.2 Å². The molecule has 0 aliphatic heterocycles. The Morgan fingerprint density at radius 1 is 0.926 bits per heavy atom. The second-order valence-corrected chi connectivity index (χ2v) is 5.95. The predicted molar refractivity (Wildman–Crippen MR) is 105 cm³/mol. The molecule has 138 valence electrons. The van der Waals surface area contributed by atoms with Gasteiger partial charge in [-0.2, -0.15) is 0 Å². The van der Waals surface area contributed by atoms with Crippen LogP contribution in [-0.4, -0.2) is 25.2 Å². The summed E-state index contributed by atoms with van der Waals surface area (Å²) in [5.41, 5.74) is 2.11. The fourth-order valence-corrected chi connectivity index (χ4v) is 2.81. The molecule has 1 N–H and O–H groups in total. The Hall–Kier alpha value is -3.47. The third-order valence-electron chi connectivity index (χ3n) is 4.25. The van der Waals surface area contributed by atoms with Gasteiger partial charge in [-0.15, -0.1) is 0 Å². The number of ether oxygens (including phenoxy) is 2. The molecule has 0 aromatic heterocycles. The molecule has 0 fully saturated rings. The molecule has 0 saturated heterocycles. The first kappa shape index (κ1) is 18.3. The molecule has 3 aromatic carbocycles. The predicted octanol–water partition coefficient (Wildman–Crippen LogP) is 4.26. The molecule has 0 bridgehead atoms. The van der Waals surface area contributed by atoms with Crippen molar-refractivity contribution in [3.63, 3.8) is 0 Å². The standard InChI is InChI=1S/C22H21NO4/c1-26-20-12-9-18(10-13-20)23(22(25)16-6-4-3-5-7-16)15-17-8-11-19(24)14-21(17)27-2/h3-14,24H,15H2,1-2H3. The van der Waals surface area contributed by atoms with E-state index in [1.165, 1.54) is 13.2 Å². The Balaban J connectivity index is 2.00. The van der Waals surface area contributed by atoms with Crippen LogP contribution in [0.15, 0.2) is 72.8 Å². The summed E-state index contributed by atoms with van der Waals surface area (Å²) in [7, 11) is 3.14. The SMILES string of the molecule is COc1ccc(N(Cc2ccc(O)cc2OC)C(=O)c2ccccc2)cc1. The maximum absolute atomic E-state index is 13.2. The number of anilines is 1. The quantitative estimate of drug-likeness (QED) is 0.711. The van der Waals surface area contributed by atoms with E-state index >= 15 is 0 Å². The van der Waals surface area contributed by atoms with Gasteiger partial charge in [-0.25, -0.2) is 0 Å². The van der Waals surface area contributed by atoms with Crippen molar-refractivity contribution >= 4 is 11.6 Å². The Bertz CT molecular complexity index is 907. The minimum absolute atomic E-state index is 0.112. The van der Waals surface area contributed by atoms with Crippen molar-refractivity contribution in [1.82, 2.24) is 0 Å². The number of nitrogens with zero attached hydrogens (tertiary/aromatic N) is 1. The minimum Gasteiger partial charge on any atom is -0.508 e. The van der Waals surface area contributed by atoms with Crippen LogP contribution in [0.3, 0.4) is 0 Å². The molecule has 5 nitrogen and oxygen atoms in total. The number of amides is 1. The number of carbonyl (C=O) groups is 1. The number of methoxy groups -OCH3 is 2. The van der Waals surface area contributed by atoms with Gasteiger partial charge in [-0.3, -0.25) is 4.79 Å². The Morgan fingerprint density at radius 3 is 2.26 bits per heavy atom. The number of carbonyl (C=O) groups excluding carboxylic acids is 1. The zero-order valence-electron chi connectivity index (χ0n) is 15.3. The summed E-state index contributed by atoms with van der Waals surface area (Å²) in [6.07, 6.45) is 0. The van der Waals surface area contributed by atoms with E-state index in [0.29, 0.717) is 23.6 Å². The van der Waals surface area contributed by atoms with Gasteiger partial charge < -0.3 is 19.5 Å². The average molecular weight is 363 g/mol. The summed E-state index contributed by atoms with van der Waals surface area (Å²) in [5.74, 6) is 1.22. The molecule has 1 amide bonds. The van der Waals surface area contributed by atoms with Crippen LogP contribution >= 0.6 is 0 Å². The summed E-state index contributed by atoms with van der Waals surface area (Å²) in [5, 5.41) is 9.69. The minimum atomic E-state index is -0.129. The van der Waals surface area contributed by atoms with E-state index in [4.69, 9.17) is 9.47 Å². The van der Waals surface area contributed by atoms with E-state index in [2.05, 4.69) is 0 Å². The average Bonchev–Trinajstić information content (AvgIpc) is 2.73. The van der Waals surface area contributed by atoms with Gasteiger partial charge in [0.25, 0.3) is 5.91 Å². The van der Waals surface area contributed by atoms with Gasteiger partial charge in [0.2, 0.25) is 0 Å². The molecule has 27 heavy (non-hydrogen) atoms. The van der Waals surface area contributed by atoms with E-state index in [9.17, 15) is 9.90 Å².